The van der Waals surface area contributed by atoms with Gasteiger partial charge in [0.2, 0.25) is 0 Å². The van der Waals surface area contributed by atoms with E-state index in [2.05, 4.69) is 91.0 Å². The summed E-state index contributed by atoms with van der Waals surface area (Å²) in [6, 6.07) is 8.83. The fourth-order valence-electron chi connectivity index (χ4n) is 4.38. The SMILES string of the molecule is Cc1cc(C)c([N-]CC(C)(C[N-]c2c(C)cc(C)cc2C)C2=CC=CC[N-]2)c(C)c1.[CH3-].[CH3-].[Zr]. The minimum Gasteiger partial charge on any atom is -0.684 e. The predicted molar refractivity (Wildman–Crippen MR) is 143 cm³/mol. The Balaban J connectivity index is 0.00000341. The van der Waals surface area contributed by atoms with Gasteiger partial charge in [0.15, 0.2) is 0 Å². The van der Waals surface area contributed by atoms with Gasteiger partial charge in [0, 0.05) is 26.2 Å². The van der Waals surface area contributed by atoms with Crippen LogP contribution in [0.1, 0.15) is 40.3 Å². The van der Waals surface area contributed by atoms with Crippen LogP contribution in [-0.4, -0.2) is 19.6 Å². The molecule has 1 heterocycles. The van der Waals surface area contributed by atoms with Gasteiger partial charge in [-0.15, -0.1) is 37.1 Å². The summed E-state index contributed by atoms with van der Waals surface area (Å²) in [5.74, 6) is 0. The first-order valence-corrected chi connectivity index (χ1v) is 10.7. The van der Waals surface area contributed by atoms with Crippen molar-refractivity contribution >= 4 is 11.4 Å². The van der Waals surface area contributed by atoms with Crippen molar-refractivity contribution in [3.05, 3.63) is 112 Å². The molecule has 2 aromatic rings. The molecule has 1 aliphatic heterocycles. The van der Waals surface area contributed by atoms with Crippen LogP contribution < -0.4 is 0 Å². The summed E-state index contributed by atoms with van der Waals surface area (Å²) in [4.78, 5) is 0. The number of allylic oxidation sites excluding steroid dienone is 2. The van der Waals surface area contributed by atoms with E-state index >= 15 is 0 Å². The summed E-state index contributed by atoms with van der Waals surface area (Å²) in [5, 5.41) is 15.0. The summed E-state index contributed by atoms with van der Waals surface area (Å²) < 4.78 is 0. The van der Waals surface area contributed by atoms with Crippen LogP contribution in [0.3, 0.4) is 0 Å². The van der Waals surface area contributed by atoms with Crippen molar-refractivity contribution in [1.29, 1.82) is 0 Å². The fourth-order valence-corrected chi connectivity index (χ4v) is 4.38. The van der Waals surface area contributed by atoms with Crippen molar-refractivity contribution in [2.75, 3.05) is 19.6 Å². The summed E-state index contributed by atoms with van der Waals surface area (Å²) in [7, 11) is 0. The van der Waals surface area contributed by atoms with Crippen LogP contribution in [0.4, 0.5) is 11.4 Å². The molecule has 3 nitrogen and oxygen atoms in total. The smallest absolute Gasteiger partial charge is 0 e. The Morgan fingerprint density at radius 2 is 1.15 bits per heavy atom. The Hall–Kier alpha value is -1.80. The van der Waals surface area contributed by atoms with Gasteiger partial charge in [-0.25, -0.2) is 0 Å². The normalized spacial score (nSPS) is 12.4. The zero-order chi connectivity index (χ0) is 21.9. The first kappa shape index (κ1) is 31.2. The molecular formula is C29H40N3Zr-5. The molecule has 0 spiro atoms. The number of rotatable bonds is 7. The Morgan fingerprint density at radius 1 is 0.758 bits per heavy atom. The zero-order valence-corrected chi connectivity index (χ0v) is 24.5. The van der Waals surface area contributed by atoms with Crippen LogP contribution in [0.2, 0.25) is 0 Å². The van der Waals surface area contributed by atoms with Crippen LogP contribution in [0, 0.1) is 61.8 Å². The zero-order valence-electron chi connectivity index (χ0n) is 22.0. The summed E-state index contributed by atoms with van der Waals surface area (Å²) in [6.07, 6.45) is 6.31. The van der Waals surface area contributed by atoms with Crippen LogP contribution in [-0.2, 0) is 26.2 Å². The molecule has 0 saturated heterocycles. The molecule has 0 saturated carbocycles. The quantitative estimate of drug-likeness (QED) is 0.326. The topological polar surface area (TPSA) is 42.3 Å². The van der Waals surface area contributed by atoms with Gasteiger partial charge < -0.3 is 30.8 Å². The van der Waals surface area contributed by atoms with Gasteiger partial charge in [-0.05, 0) is 41.5 Å². The predicted octanol–water partition coefficient (Wildman–Crippen LogP) is 8.98. The van der Waals surface area contributed by atoms with Gasteiger partial charge in [0.25, 0.3) is 0 Å². The van der Waals surface area contributed by atoms with Gasteiger partial charge in [-0.2, -0.15) is 5.70 Å². The number of benzene rings is 2. The Morgan fingerprint density at radius 3 is 1.48 bits per heavy atom. The molecule has 1 aliphatic rings. The summed E-state index contributed by atoms with van der Waals surface area (Å²) >= 11 is 0. The molecule has 0 bridgehead atoms. The molecule has 0 N–H and O–H groups in total. The first-order valence-electron chi connectivity index (χ1n) is 10.7. The summed E-state index contributed by atoms with van der Waals surface area (Å²) in [5.41, 5.74) is 10.5. The van der Waals surface area contributed by atoms with Crippen LogP contribution >= 0.6 is 0 Å². The second kappa shape index (κ2) is 13.2. The third-order valence-corrected chi connectivity index (χ3v) is 5.82. The van der Waals surface area contributed by atoms with Gasteiger partial charge in [0.05, 0.1) is 0 Å². The van der Waals surface area contributed by atoms with E-state index in [-0.39, 0.29) is 46.5 Å². The third-order valence-electron chi connectivity index (χ3n) is 5.82. The van der Waals surface area contributed by atoms with E-state index in [4.69, 9.17) is 16.0 Å². The minimum absolute atomic E-state index is 0. The molecule has 2 aromatic carbocycles. The van der Waals surface area contributed by atoms with Crippen molar-refractivity contribution in [3.63, 3.8) is 0 Å². The van der Waals surface area contributed by atoms with E-state index < -0.39 is 0 Å². The molecular weight excluding hydrogens is 482 g/mol. The van der Waals surface area contributed by atoms with Crippen molar-refractivity contribution < 1.29 is 26.2 Å². The standard InChI is InChI=1S/C27H34N3.2CH3.Zr/c1-18-12-20(3)25(21(4)13-18)29-16-27(7,24-10-8-9-11-28-24)17-30-26-22(5)14-19(2)15-23(26)6;;;/h8-10,12-15H,11,16-17H2,1-7H3;2*1H3;/q-3;2*-1;. The third kappa shape index (κ3) is 7.61. The van der Waals surface area contributed by atoms with E-state index in [1.165, 1.54) is 33.4 Å². The average Bonchev–Trinajstić information content (AvgIpc) is 2.67. The van der Waals surface area contributed by atoms with Crippen molar-refractivity contribution in [2.45, 2.75) is 48.5 Å². The first-order chi connectivity index (χ1) is 14.2. The van der Waals surface area contributed by atoms with Gasteiger partial charge >= 0.3 is 0 Å². The van der Waals surface area contributed by atoms with E-state index in [1.54, 1.807) is 0 Å². The number of nitrogens with zero attached hydrogens (tertiary/aromatic N) is 3. The Labute approximate surface area is 222 Å². The maximum atomic E-state index is 5.08. The molecule has 3 rings (SSSR count). The molecule has 33 heavy (non-hydrogen) atoms. The van der Waals surface area contributed by atoms with E-state index in [1.807, 2.05) is 0 Å². The van der Waals surface area contributed by atoms with E-state index in [9.17, 15) is 0 Å². The minimum atomic E-state index is -0.252. The second-order valence-corrected chi connectivity index (χ2v) is 9.01. The van der Waals surface area contributed by atoms with Crippen LogP contribution in [0.15, 0.2) is 48.2 Å². The maximum absolute atomic E-state index is 5.08. The molecule has 0 unspecified atom stereocenters. The molecule has 0 radical (unpaired) electrons. The second-order valence-electron chi connectivity index (χ2n) is 9.01. The molecule has 0 fully saturated rings. The molecule has 0 atom stereocenters. The molecule has 0 aliphatic carbocycles. The number of aryl methyl sites for hydroxylation is 6. The maximum Gasteiger partial charge on any atom is 0 e. The van der Waals surface area contributed by atoms with Gasteiger partial charge in [-0.3, -0.25) is 0 Å². The Kier molecular flexibility index (Phi) is 12.5. The van der Waals surface area contributed by atoms with Crippen molar-refractivity contribution in [1.82, 2.24) is 0 Å². The van der Waals surface area contributed by atoms with Crippen LogP contribution in [0.5, 0.6) is 0 Å². The molecule has 4 heteroatoms. The van der Waals surface area contributed by atoms with Gasteiger partial charge in [-0.1, -0.05) is 82.1 Å². The summed E-state index contributed by atoms with van der Waals surface area (Å²) in [6.45, 7) is 17.1. The molecule has 180 valence electrons. The monoisotopic (exact) mass is 520 g/mol. The number of hydrogen-bond donors (Lipinski definition) is 0. The van der Waals surface area contributed by atoms with Gasteiger partial charge in [0.1, 0.15) is 0 Å². The fraction of sp³-hybridized carbons (Fsp3) is 0.379. The number of hydrogen-bond acceptors (Lipinski definition) is 0. The largest absolute Gasteiger partial charge is 0.684 e. The van der Waals surface area contributed by atoms with E-state index in [0.717, 1.165) is 23.6 Å². The molecule has 0 amide bonds. The average molecular weight is 522 g/mol. The van der Waals surface area contributed by atoms with E-state index in [0.29, 0.717) is 13.1 Å². The van der Waals surface area contributed by atoms with Crippen molar-refractivity contribution in [2.24, 2.45) is 5.41 Å². The van der Waals surface area contributed by atoms with Crippen molar-refractivity contribution in [3.8, 4) is 0 Å². The Bertz CT molecular complexity index is 881. The molecule has 0 aromatic heterocycles. The van der Waals surface area contributed by atoms with Crippen LogP contribution in [0.25, 0.3) is 16.0 Å².